The quantitative estimate of drug-likeness (QED) is 0.316. The van der Waals surface area contributed by atoms with Gasteiger partial charge < -0.3 is 0 Å². The number of halogens is 2. The van der Waals surface area contributed by atoms with Gasteiger partial charge in [0.05, 0.1) is 0 Å². The highest BCUT2D eigenvalue weighted by Gasteiger charge is 2.12. The normalized spacial score (nSPS) is 13.6. The summed E-state index contributed by atoms with van der Waals surface area (Å²) in [4.78, 5) is 0. The molecule has 0 heterocycles. The Hall–Kier alpha value is -1.06. The van der Waals surface area contributed by atoms with Gasteiger partial charge in [0.15, 0.2) is 0 Å². The van der Waals surface area contributed by atoms with Gasteiger partial charge in [0, 0.05) is 8.61 Å². The average Bonchev–Trinajstić information content (AvgIpc) is 2.49. The van der Waals surface area contributed by atoms with Crippen molar-refractivity contribution in [2.24, 2.45) is 0 Å². The molecule has 20 heavy (non-hydrogen) atoms. The number of hydrogen-bond donors (Lipinski definition) is 0. The second-order valence-electron chi connectivity index (χ2n) is 4.58. The molecule has 0 saturated heterocycles. The zero-order valence-corrected chi connectivity index (χ0v) is 14.4. The highest BCUT2D eigenvalue weighted by molar-refractivity contribution is 14.1. The Morgan fingerprint density at radius 1 is 0.800 bits per heavy atom. The van der Waals surface area contributed by atoms with Crippen LogP contribution in [0.5, 0.6) is 0 Å². The summed E-state index contributed by atoms with van der Waals surface area (Å²) in [5.74, 6) is 0. The van der Waals surface area contributed by atoms with Gasteiger partial charge in [-0.2, -0.15) is 0 Å². The Labute approximate surface area is 139 Å². The Morgan fingerprint density at radius 3 is 1.70 bits per heavy atom. The summed E-state index contributed by atoms with van der Waals surface area (Å²) < 4.78 is 1.21. The number of allylic oxidation sites excluding steroid dienone is 3. The van der Waals surface area contributed by atoms with E-state index in [1.165, 1.54) is 20.3 Å². The summed E-state index contributed by atoms with van der Waals surface area (Å²) in [7, 11) is 0. The highest BCUT2D eigenvalue weighted by atomic mass is 127. The van der Waals surface area contributed by atoms with E-state index in [0.717, 1.165) is 10.6 Å². The van der Waals surface area contributed by atoms with Crippen molar-refractivity contribution in [2.45, 2.75) is 13.8 Å². The summed E-state index contributed by atoms with van der Waals surface area (Å²) in [6.45, 7) is 4.01. The zero-order valence-electron chi connectivity index (χ0n) is 11.5. The first-order chi connectivity index (χ1) is 9.61. The van der Waals surface area contributed by atoms with Crippen molar-refractivity contribution in [3.63, 3.8) is 0 Å². The van der Waals surface area contributed by atoms with Crippen LogP contribution in [-0.4, -0.2) is 0 Å². The molecule has 0 fully saturated rings. The van der Waals surface area contributed by atoms with Gasteiger partial charge in [0.2, 0.25) is 0 Å². The first kappa shape index (κ1) is 15.3. The van der Waals surface area contributed by atoms with Gasteiger partial charge >= 0.3 is 0 Å². The molecule has 0 spiro atoms. The standard InChI is InChI=1S/C18H16ClI/c1-13(14(2)19)17(15-9-5-3-6-10-15)18(20)16-11-7-4-8-12-16/h3-12H,1-2H3/b14-13-,18-17+. The van der Waals surface area contributed by atoms with E-state index >= 15 is 0 Å². The van der Waals surface area contributed by atoms with Crippen molar-refractivity contribution in [2.75, 3.05) is 0 Å². The molecule has 0 aromatic heterocycles. The Morgan fingerprint density at radius 2 is 1.25 bits per heavy atom. The van der Waals surface area contributed by atoms with Gasteiger partial charge in [0.1, 0.15) is 0 Å². The minimum atomic E-state index is 0.828. The lowest BCUT2D eigenvalue weighted by atomic mass is 9.96. The molecule has 2 rings (SSSR count). The van der Waals surface area contributed by atoms with E-state index in [4.69, 9.17) is 11.6 Å². The molecule has 0 radical (unpaired) electrons. The molecule has 2 aromatic carbocycles. The molecule has 102 valence electrons. The van der Waals surface area contributed by atoms with E-state index in [1.807, 2.05) is 19.1 Å². The third kappa shape index (κ3) is 3.53. The lowest BCUT2D eigenvalue weighted by Crippen LogP contribution is -1.91. The fourth-order valence-corrected chi connectivity index (χ4v) is 3.18. The molecule has 0 bridgehead atoms. The van der Waals surface area contributed by atoms with E-state index in [2.05, 4.69) is 78.0 Å². The van der Waals surface area contributed by atoms with E-state index in [1.54, 1.807) is 0 Å². The second kappa shape index (κ2) is 7.09. The molecule has 2 heteroatoms. The fourth-order valence-electron chi connectivity index (χ4n) is 2.01. The molecule has 0 aliphatic heterocycles. The first-order valence-electron chi connectivity index (χ1n) is 6.45. The molecule has 0 N–H and O–H groups in total. The van der Waals surface area contributed by atoms with Gasteiger partial charge in [-0.05, 0) is 58.7 Å². The molecule has 0 nitrogen and oxygen atoms in total. The van der Waals surface area contributed by atoms with E-state index in [-0.39, 0.29) is 0 Å². The predicted molar refractivity (Wildman–Crippen MR) is 97.9 cm³/mol. The predicted octanol–water partition coefficient (Wildman–Crippen LogP) is 6.52. The number of rotatable bonds is 3. The number of benzene rings is 2. The Kier molecular flexibility index (Phi) is 5.44. The van der Waals surface area contributed by atoms with E-state index in [9.17, 15) is 0 Å². The Bertz CT molecular complexity index is 636. The SMILES string of the molecule is C/C(Cl)=C(C)/C(=C(\I)c1ccccc1)c1ccccc1. The van der Waals surface area contributed by atoms with Crippen LogP contribution in [0, 0.1) is 0 Å². The number of hydrogen-bond acceptors (Lipinski definition) is 0. The molecule has 0 unspecified atom stereocenters. The third-order valence-corrected chi connectivity index (χ3v) is 4.65. The zero-order chi connectivity index (χ0) is 14.5. The molecule has 0 atom stereocenters. The van der Waals surface area contributed by atoms with Crippen LogP contribution in [0.2, 0.25) is 0 Å². The molecular formula is C18H16ClI. The van der Waals surface area contributed by atoms with Crippen LogP contribution in [0.15, 0.2) is 71.3 Å². The summed E-state index contributed by atoms with van der Waals surface area (Å²) in [6, 6.07) is 20.8. The maximum atomic E-state index is 6.25. The van der Waals surface area contributed by atoms with Crippen LogP contribution in [0.25, 0.3) is 9.15 Å². The van der Waals surface area contributed by atoms with Crippen LogP contribution in [0.3, 0.4) is 0 Å². The van der Waals surface area contributed by atoms with Gasteiger partial charge in [-0.1, -0.05) is 72.3 Å². The first-order valence-corrected chi connectivity index (χ1v) is 7.91. The average molecular weight is 395 g/mol. The third-order valence-electron chi connectivity index (χ3n) is 3.20. The van der Waals surface area contributed by atoms with Crippen LogP contribution < -0.4 is 0 Å². The molecule has 2 aromatic rings. The molecule has 0 aliphatic rings. The van der Waals surface area contributed by atoms with Crippen molar-refractivity contribution < 1.29 is 0 Å². The minimum Gasteiger partial charge on any atom is -0.0892 e. The molecule has 0 aliphatic carbocycles. The van der Waals surface area contributed by atoms with Crippen molar-refractivity contribution in [1.82, 2.24) is 0 Å². The maximum absolute atomic E-state index is 6.25. The van der Waals surface area contributed by atoms with Crippen LogP contribution >= 0.6 is 34.2 Å². The van der Waals surface area contributed by atoms with Crippen LogP contribution in [0.1, 0.15) is 25.0 Å². The monoisotopic (exact) mass is 394 g/mol. The van der Waals surface area contributed by atoms with E-state index in [0.29, 0.717) is 0 Å². The van der Waals surface area contributed by atoms with E-state index < -0.39 is 0 Å². The molecule has 0 amide bonds. The molecular weight excluding hydrogens is 379 g/mol. The summed E-state index contributed by atoms with van der Waals surface area (Å²) in [5.41, 5.74) is 4.72. The topological polar surface area (TPSA) is 0 Å². The lowest BCUT2D eigenvalue weighted by molar-refractivity contribution is 1.44. The smallest absolute Gasteiger partial charge is 0.0284 e. The van der Waals surface area contributed by atoms with Gasteiger partial charge in [-0.25, -0.2) is 0 Å². The van der Waals surface area contributed by atoms with Gasteiger partial charge in [-0.3, -0.25) is 0 Å². The summed E-state index contributed by atoms with van der Waals surface area (Å²) in [5, 5.41) is 0.828. The van der Waals surface area contributed by atoms with Crippen molar-refractivity contribution in [1.29, 1.82) is 0 Å². The van der Waals surface area contributed by atoms with Gasteiger partial charge in [0.25, 0.3) is 0 Å². The van der Waals surface area contributed by atoms with Crippen LogP contribution in [0.4, 0.5) is 0 Å². The fraction of sp³-hybridized carbons (Fsp3) is 0.111. The van der Waals surface area contributed by atoms with Crippen molar-refractivity contribution >= 4 is 43.3 Å². The van der Waals surface area contributed by atoms with Crippen molar-refractivity contribution in [3.05, 3.63) is 82.4 Å². The maximum Gasteiger partial charge on any atom is 0.0284 e. The lowest BCUT2D eigenvalue weighted by Gasteiger charge is -2.14. The van der Waals surface area contributed by atoms with Crippen molar-refractivity contribution in [3.8, 4) is 0 Å². The second-order valence-corrected chi connectivity index (χ2v) is 6.23. The minimum absolute atomic E-state index is 0.828. The molecule has 0 saturated carbocycles. The summed E-state index contributed by atoms with van der Waals surface area (Å²) >= 11 is 8.65. The summed E-state index contributed by atoms with van der Waals surface area (Å²) in [6.07, 6.45) is 0. The highest BCUT2D eigenvalue weighted by Crippen LogP contribution is 2.37. The van der Waals surface area contributed by atoms with Crippen LogP contribution in [-0.2, 0) is 0 Å². The van der Waals surface area contributed by atoms with Gasteiger partial charge in [-0.15, -0.1) is 0 Å². The largest absolute Gasteiger partial charge is 0.0892 e. The Balaban J connectivity index is 2.68.